The zero-order valence-corrected chi connectivity index (χ0v) is 16.2. The van der Waals surface area contributed by atoms with E-state index in [2.05, 4.69) is 48.3 Å². The van der Waals surface area contributed by atoms with Gasteiger partial charge in [0.15, 0.2) is 6.04 Å². The Morgan fingerprint density at radius 1 is 1.12 bits per heavy atom. The quantitative estimate of drug-likeness (QED) is 0.708. The van der Waals surface area contributed by atoms with Gasteiger partial charge >= 0.3 is 0 Å². The molecule has 5 nitrogen and oxygen atoms in total. The van der Waals surface area contributed by atoms with E-state index in [1.54, 1.807) is 21.1 Å². The number of benzene rings is 1. The van der Waals surface area contributed by atoms with Crippen molar-refractivity contribution >= 4 is 11.3 Å². The summed E-state index contributed by atoms with van der Waals surface area (Å²) in [6.45, 7) is 10.1. The standard InChI is InChI=1S/C20H24N4OS/c1-15-5-3-6-17(13-15)14-23-8-10-24(11-9-23)16(2)19-21-22-20(25-19)18-7-4-12-26-18/h3-7,12-13,16H,8-11,14H2,1-2H3/p+2/t16-/m1/s1. The molecular formula is C20H26N4OS+2. The second-order valence-corrected chi connectivity index (χ2v) is 8.17. The molecule has 2 N–H and O–H groups in total. The van der Waals surface area contributed by atoms with Crippen LogP contribution in [0.5, 0.6) is 0 Å². The molecule has 0 unspecified atom stereocenters. The minimum Gasteiger partial charge on any atom is -0.414 e. The van der Waals surface area contributed by atoms with Gasteiger partial charge in [0.05, 0.1) is 4.88 Å². The zero-order chi connectivity index (χ0) is 17.9. The topological polar surface area (TPSA) is 47.8 Å². The number of nitrogens with zero attached hydrogens (tertiary/aromatic N) is 2. The van der Waals surface area contributed by atoms with Gasteiger partial charge in [0.25, 0.3) is 11.8 Å². The first-order valence-corrected chi connectivity index (χ1v) is 10.2. The first-order valence-electron chi connectivity index (χ1n) is 9.30. The van der Waals surface area contributed by atoms with Crippen molar-refractivity contribution in [3.8, 4) is 10.8 Å². The van der Waals surface area contributed by atoms with Gasteiger partial charge in [0, 0.05) is 5.56 Å². The van der Waals surface area contributed by atoms with E-state index in [4.69, 9.17) is 4.42 Å². The summed E-state index contributed by atoms with van der Waals surface area (Å²) in [7, 11) is 0. The van der Waals surface area contributed by atoms with Gasteiger partial charge in [0.2, 0.25) is 0 Å². The summed E-state index contributed by atoms with van der Waals surface area (Å²) >= 11 is 1.63. The Hall–Kier alpha value is -2.02. The molecule has 1 atom stereocenters. The molecule has 0 bridgehead atoms. The maximum absolute atomic E-state index is 5.94. The first-order chi connectivity index (χ1) is 12.7. The molecular weight excluding hydrogens is 344 g/mol. The lowest BCUT2D eigenvalue weighted by molar-refractivity contribution is -1.03. The lowest BCUT2D eigenvalue weighted by Crippen LogP contribution is -3.27. The molecule has 4 rings (SSSR count). The monoisotopic (exact) mass is 370 g/mol. The van der Waals surface area contributed by atoms with Crippen molar-refractivity contribution in [3.05, 3.63) is 58.8 Å². The van der Waals surface area contributed by atoms with Gasteiger partial charge in [-0.15, -0.1) is 21.5 Å². The van der Waals surface area contributed by atoms with Gasteiger partial charge in [-0.1, -0.05) is 35.9 Å². The molecule has 0 saturated carbocycles. The Balaban J connectivity index is 1.34. The average molecular weight is 371 g/mol. The third kappa shape index (κ3) is 3.87. The van der Waals surface area contributed by atoms with Crippen LogP contribution < -0.4 is 9.80 Å². The molecule has 0 radical (unpaired) electrons. The van der Waals surface area contributed by atoms with E-state index in [0.29, 0.717) is 5.89 Å². The fourth-order valence-corrected chi connectivity index (χ4v) is 4.37. The van der Waals surface area contributed by atoms with Crippen LogP contribution in [0.4, 0.5) is 0 Å². The summed E-state index contributed by atoms with van der Waals surface area (Å²) in [4.78, 5) is 4.24. The predicted octanol–water partition coefficient (Wildman–Crippen LogP) is 1.15. The molecule has 1 aliphatic rings. The zero-order valence-electron chi connectivity index (χ0n) is 15.4. The molecule has 1 fully saturated rings. The highest BCUT2D eigenvalue weighted by Crippen LogP contribution is 2.24. The Morgan fingerprint density at radius 2 is 1.96 bits per heavy atom. The van der Waals surface area contributed by atoms with Crippen LogP contribution in [0.3, 0.4) is 0 Å². The van der Waals surface area contributed by atoms with Crippen molar-refractivity contribution in [1.29, 1.82) is 0 Å². The predicted molar refractivity (Wildman–Crippen MR) is 102 cm³/mol. The van der Waals surface area contributed by atoms with Gasteiger partial charge in [-0.25, -0.2) is 0 Å². The molecule has 0 amide bonds. The molecule has 1 aromatic carbocycles. The van der Waals surface area contributed by atoms with E-state index in [1.807, 2.05) is 17.5 Å². The number of rotatable bonds is 5. The van der Waals surface area contributed by atoms with E-state index in [9.17, 15) is 0 Å². The van der Waals surface area contributed by atoms with Crippen molar-refractivity contribution in [2.24, 2.45) is 0 Å². The van der Waals surface area contributed by atoms with Crippen molar-refractivity contribution < 1.29 is 14.2 Å². The summed E-state index contributed by atoms with van der Waals surface area (Å²) in [5.41, 5.74) is 2.78. The minimum absolute atomic E-state index is 0.247. The summed E-state index contributed by atoms with van der Waals surface area (Å²) in [6, 6.07) is 13.1. The summed E-state index contributed by atoms with van der Waals surface area (Å²) < 4.78 is 5.94. The van der Waals surface area contributed by atoms with Gasteiger partial charge in [-0.3, -0.25) is 0 Å². The average Bonchev–Trinajstić information content (AvgIpc) is 3.33. The van der Waals surface area contributed by atoms with Crippen molar-refractivity contribution in [2.45, 2.75) is 26.4 Å². The number of hydrogen-bond acceptors (Lipinski definition) is 4. The molecule has 1 aliphatic heterocycles. The molecule has 2 aromatic heterocycles. The van der Waals surface area contributed by atoms with Gasteiger partial charge in [-0.05, 0) is 25.3 Å². The summed E-state index contributed by atoms with van der Waals surface area (Å²) in [6.07, 6.45) is 0. The van der Waals surface area contributed by atoms with Crippen LogP contribution >= 0.6 is 11.3 Å². The SMILES string of the molecule is Cc1cccc(C[NH+]2CC[NH+]([C@H](C)c3nnc(-c4cccs4)o3)CC2)c1. The van der Waals surface area contributed by atoms with E-state index in [-0.39, 0.29) is 6.04 Å². The molecule has 136 valence electrons. The fourth-order valence-electron chi connectivity index (χ4n) is 3.73. The van der Waals surface area contributed by atoms with Crippen LogP contribution in [0.15, 0.2) is 46.2 Å². The number of nitrogens with one attached hydrogen (secondary N) is 2. The second-order valence-electron chi connectivity index (χ2n) is 7.22. The normalized spacial score (nSPS) is 21.6. The molecule has 3 heterocycles. The van der Waals surface area contributed by atoms with Crippen LogP contribution in [0, 0.1) is 6.92 Å². The minimum atomic E-state index is 0.247. The molecule has 0 spiro atoms. The molecule has 1 saturated heterocycles. The highest BCUT2D eigenvalue weighted by atomic mass is 32.1. The van der Waals surface area contributed by atoms with Crippen molar-refractivity contribution in [1.82, 2.24) is 10.2 Å². The largest absolute Gasteiger partial charge is 0.414 e. The number of thiophene rings is 1. The van der Waals surface area contributed by atoms with Crippen LogP contribution in [-0.2, 0) is 6.54 Å². The van der Waals surface area contributed by atoms with E-state index in [0.717, 1.165) is 30.4 Å². The van der Waals surface area contributed by atoms with Gasteiger partial charge < -0.3 is 14.2 Å². The Morgan fingerprint density at radius 3 is 2.69 bits per heavy atom. The van der Waals surface area contributed by atoms with Crippen molar-refractivity contribution in [3.63, 3.8) is 0 Å². The van der Waals surface area contributed by atoms with Crippen LogP contribution in [-0.4, -0.2) is 36.4 Å². The molecule has 26 heavy (non-hydrogen) atoms. The summed E-state index contributed by atoms with van der Waals surface area (Å²) in [5, 5.41) is 10.6. The molecule has 0 aliphatic carbocycles. The first kappa shape index (κ1) is 17.4. The van der Waals surface area contributed by atoms with E-state index < -0.39 is 0 Å². The van der Waals surface area contributed by atoms with E-state index in [1.165, 1.54) is 24.2 Å². The van der Waals surface area contributed by atoms with Gasteiger partial charge in [0.1, 0.15) is 32.7 Å². The second kappa shape index (κ2) is 7.70. The summed E-state index contributed by atoms with van der Waals surface area (Å²) in [5.74, 6) is 1.40. The fraction of sp³-hybridized carbons (Fsp3) is 0.400. The Labute approximate surface area is 158 Å². The number of piperazine rings is 1. The number of aryl methyl sites for hydroxylation is 1. The van der Waals surface area contributed by atoms with E-state index >= 15 is 0 Å². The lowest BCUT2D eigenvalue weighted by Gasteiger charge is -2.32. The molecule has 6 heteroatoms. The third-order valence-corrected chi connectivity index (χ3v) is 6.15. The smallest absolute Gasteiger partial charge is 0.274 e. The maximum atomic E-state index is 5.94. The Bertz CT molecular complexity index is 837. The maximum Gasteiger partial charge on any atom is 0.274 e. The van der Waals surface area contributed by atoms with Crippen LogP contribution in [0.2, 0.25) is 0 Å². The highest BCUT2D eigenvalue weighted by molar-refractivity contribution is 7.13. The number of hydrogen-bond donors (Lipinski definition) is 2. The Kier molecular flexibility index (Phi) is 5.15. The lowest BCUT2D eigenvalue weighted by atomic mass is 10.1. The van der Waals surface area contributed by atoms with Gasteiger partial charge in [-0.2, -0.15) is 0 Å². The van der Waals surface area contributed by atoms with Crippen LogP contribution in [0.1, 0.15) is 30.0 Å². The molecule has 3 aromatic rings. The third-order valence-electron chi connectivity index (χ3n) is 5.29. The number of quaternary nitrogens is 2. The highest BCUT2D eigenvalue weighted by Gasteiger charge is 2.31. The number of aromatic nitrogens is 2. The van der Waals surface area contributed by atoms with Crippen molar-refractivity contribution in [2.75, 3.05) is 26.2 Å². The van der Waals surface area contributed by atoms with Crippen LogP contribution in [0.25, 0.3) is 10.8 Å².